The number of allylic oxidation sites excluding steroid dienone is 1. The fraction of sp³-hybridized carbons (Fsp3) is 0. The van der Waals surface area contributed by atoms with Gasteiger partial charge in [0.25, 0.3) is 0 Å². The maximum Gasteiger partial charge on any atom is 0.367 e. The van der Waals surface area contributed by atoms with E-state index in [0.29, 0.717) is 0 Å². The molecule has 0 spiro atoms. The lowest BCUT2D eigenvalue weighted by Crippen LogP contribution is -2.16. The van der Waals surface area contributed by atoms with Crippen molar-refractivity contribution in [1.29, 1.82) is 0 Å². The van der Waals surface area contributed by atoms with Gasteiger partial charge in [-0.2, -0.15) is 4.39 Å². The number of hydrogen-bond acceptors (Lipinski definition) is 3. The Morgan fingerprint density at radius 3 is 2.20 bits per heavy atom. The second-order valence-corrected chi connectivity index (χ2v) is 2.73. The van der Waals surface area contributed by atoms with Crippen LogP contribution in [0.1, 0.15) is 10.4 Å². The minimum absolute atomic E-state index is 0.145. The van der Waals surface area contributed by atoms with Crippen molar-refractivity contribution in [3.63, 3.8) is 0 Å². The van der Waals surface area contributed by atoms with Gasteiger partial charge >= 0.3 is 5.97 Å². The van der Waals surface area contributed by atoms with Crippen LogP contribution in [-0.2, 0) is 4.79 Å². The van der Waals surface area contributed by atoms with Gasteiger partial charge in [0.15, 0.2) is 0 Å². The van der Waals surface area contributed by atoms with E-state index >= 15 is 0 Å². The number of aliphatic carboxylic acids is 1. The Bertz CT molecular complexity index is 426. The van der Waals surface area contributed by atoms with Gasteiger partial charge in [0.1, 0.15) is 5.70 Å². The summed E-state index contributed by atoms with van der Waals surface area (Å²) in [6.45, 7) is 0. The minimum atomic E-state index is -1.85. The van der Waals surface area contributed by atoms with Crippen LogP contribution < -0.4 is 5.73 Å². The highest BCUT2D eigenvalue weighted by molar-refractivity contribution is 6.11. The van der Waals surface area contributed by atoms with E-state index in [1.54, 1.807) is 18.2 Å². The molecule has 0 heterocycles. The van der Waals surface area contributed by atoms with Gasteiger partial charge < -0.3 is 10.8 Å². The van der Waals surface area contributed by atoms with Crippen molar-refractivity contribution in [1.82, 2.24) is 0 Å². The van der Waals surface area contributed by atoms with Crippen molar-refractivity contribution < 1.29 is 19.1 Å². The maximum atomic E-state index is 12.8. The van der Waals surface area contributed by atoms with E-state index in [2.05, 4.69) is 0 Å². The third-order valence-corrected chi connectivity index (χ3v) is 1.70. The molecule has 0 aliphatic heterocycles. The normalized spacial score (nSPS) is 11.8. The van der Waals surface area contributed by atoms with E-state index in [0.717, 1.165) is 0 Å². The molecule has 0 radical (unpaired) electrons. The summed E-state index contributed by atoms with van der Waals surface area (Å²) in [5.74, 6) is -4.32. The monoisotopic (exact) mass is 209 g/mol. The zero-order valence-corrected chi connectivity index (χ0v) is 7.61. The van der Waals surface area contributed by atoms with Crippen LogP contribution in [-0.4, -0.2) is 16.9 Å². The predicted molar refractivity (Wildman–Crippen MR) is 50.7 cm³/mol. The first-order valence-electron chi connectivity index (χ1n) is 4.02. The molecule has 1 aromatic carbocycles. The molecule has 78 valence electrons. The number of rotatable bonds is 3. The zero-order chi connectivity index (χ0) is 11.4. The first-order chi connectivity index (χ1) is 7.04. The van der Waals surface area contributed by atoms with Crippen molar-refractivity contribution in [3.8, 4) is 0 Å². The van der Waals surface area contributed by atoms with E-state index < -0.39 is 23.3 Å². The third-order valence-electron chi connectivity index (χ3n) is 1.70. The Balaban J connectivity index is 3.07. The van der Waals surface area contributed by atoms with E-state index in [1.165, 1.54) is 12.1 Å². The van der Waals surface area contributed by atoms with Crippen LogP contribution in [0.25, 0.3) is 0 Å². The summed E-state index contributed by atoms with van der Waals surface area (Å²) in [4.78, 5) is 21.6. The Morgan fingerprint density at radius 1 is 1.20 bits per heavy atom. The van der Waals surface area contributed by atoms with Crippen molar-refractivity contribution >= 4 is 11.8 Å². The number of ketones is 1. The van der Waals surface area contributed by atoms with Crippen LogP contribution in [0, 0.1) is 0 Å². The van der Waals surface area contributed by atoms with Crippen molar-refractivity contribution in [2.75, 3.05) is 0 Å². The molecule has 15 heavy (non-hydrogen) atoms. The Kier molecular flexibility index (Phi) is 3.17. The van der Waals surface area contributed by atoms with Crippen molar-refractivity contribution in [2.45, 2.75) is 0 Å². The molecule has 0 saturated heterocycles. The van der Waals surface area contributed by atoms with Crippen molar-refractivity contribution in [3.05, 3.63) is 47.4 Å². The van der Waals surface area contributed by atoms with E-state index in [9.17, 15) is 14.0 Å². The van der Waals surface area contributed by atoms with Crippen LogP contribution >= 0.6 is 0 Å². The second-order valence-electron chi connectivity index (χ2n) is 2.73. The van der Waals surface area contributed by atoms with Crippen LogP contribution in [0.5, 0.6) is 0 Å². The Hall–Kier alpha value is -2.17. The summed E-state index contributed by atoms with van der Waals surface area (Å²) in [5, 5.41) is 8.28. The summed E-state index contributed by atoms with van der Waals surface area (Å²) < 4.78 is 12.8. The lowest BCUT2D eigenvalue weighted by molar-refractivity contribution is -0.134. The minimum Gasteiger partial charge on any atom is -0.476 e. The molecule has 3 N–H and O–H groups in total. The lowest BCUT2D eigenvalue weighted by Gasteiger charge is -2.00. The van der Waals surface area contributed by atoms with Gasteiger partial charge in [-0.05, 0) is 0 Å². The van der Waals surface area contributed by atoms with Gasteiger partial charge in [0, 0.05) is 5.56 Å². The number of carboxylic acids is 1. The second kappa shape index (κ2) is 4.36. The average molecular weight is 209 g/mol. The van der Waals surface area contributed by atoms with Gasteiger partial charge in [-0.3, -0.25) is 4.79 Å². The molecule has 0 bridgehead atoms. The van der Waals surface area contributed by atoms with Gasteiger partial charge in [-0.25, -0.2) is 4.79 Å². The number of halogens is 1. The molecule has 0 atom stereocenters. The molecule has 0 aliphatic carbocycles. The fourth-order valence-corrected chi connectivity index (χ4v) is 0.960. The predicted octanol–water partition coefficient (Wildman–Crippen LogP) is 1.09. The molecule has 1 rings (SSSR count). The molecule has 0 aliphatic rings. The van der Waals surface area contributed by atoms with Gasteiger partial charge in [-0.1, -0.05) is 30.3 Å². The summed E-state index contributed by atoms with van der Waals surface area (Å²) in [6, 6.07) is 7.65. The smallest absolute Gasteiger partial charge is 0.367 e. The SMILES string of the molecule is N/C(C(=O)c1ccccc1)=C(/F)C(=O)O. The number of benzene rings is 1. The Morgan fingerprint density at radius 2 is 1.73 bits per heavy atom. The van der Waals surface area contributed by atoms with Crippen LogP contribution in [0.4, 0.5) is 4.39 Å². The highest BCUT2D eigenvalue weighted by atomic mass is 19.1. The molecule has 0 aromatic heterocycles. The first-order valence-corrected chi connectivity index (χ1v) is 4.02. The number of nitrogens with two attached hydrogens (primary N) is 1. The van der Waals surface area contributed by atoms with Gasteiger partial charge in [0.05, 0.1) is 0 Å². The zero-order valence-electron chi connectivity index (χ0n) is 7.61. The number of Topliss-reactive ketones (excluding diaryl/α,β-unsaturated/α-hetero) is 1. The molecule has 0 saturated carbocycles. The van der Waals surface area contributed by atoms with E-state index in [1.807, 2.05) is 0 Å². The van der Waals surface area contributed by atoms with Crippen LogP contribution in [0.2, 0.25) is 0 Å². The average Bonchev–Trinajstić information content (AvgIpc) is 2.27. The number of carboxylic acid groups (broad SMARTS) is 1. The largest absolute Gasteiger partial charge is 0.476 e. The summed E-state index contributed by atoms with van der Waals surface area (Å²) >= 11 is 0. The van der Waals surface area contributed by atoms with E-state index in [4.69, 9.17) is 10.8 Å². The number of carbonyl (C=O) groups is 2. The quantitative estimate of drug-likeness (QED) is 0.576. The van der Waals surface area contributed by atoms with Gasteiger partial charge in [0.2, 0.25) is 11.6 Å². The highest BCUT2D eigenvalue weighted by Crippen LogP contribution is 2.09. The third kappa shape index (κ3) is 2.40. The summed E-state index contributed by atoms with van der Waals surface area (Å²) in [5.41, 5.74) is 4.32. The molecule has 1 aromatic rings. The number of carbonyl (C=O) groups excluding carboxylic acids is 1. The first kappa shape index (κ1) is 10.9. The molecule has 0 fully saturated rings. The van der Waals surface area contributed by atoms with Crippen molar-refractivity contribution in [2.24, 2.45) is 5.73 Å². The fourth-order valence-electron chi connectivity index (χ4n) is 0.960. The standard InChI is InChI=1S/C10H8FNO3/c11-7(10(14)15)8(12)9(13)6-4-2-1-3-5-6/h1-5H,12H2,(H,14,15)/b8-7+. The molecule has 4 nitrogen and oxygen atoms in total. The van der Waals surface area contributed by atoms with Crippen LogP contribution in [0.3, 0.4) is 0 Å². The topological polar surface area (TPSA) is 80.4 Å². The summed E-state index contributed by atoms with van der Waals surface area (Å²) in [6.07, 6.45) is 0. The molecule has 5 heteroatoms. The highest BCUT2D eigenvalue weighted by Gasteiger charge is 2.18. The molecule has 0 amide bonds. The Labute approximate surface area is 84.8 Å². The van der Waals surface area contributed by atoms with Gasteiger partial charge in [-0.15, -0.1) is 0 Å². The van der Waals surface area contributed by atoms with Crippen LogP contribution in [0.15, 0.2) is 41.9 Å². The number of hydrogen-bond donors (Lipinski definition) is 2. The molecular weight excluding hydrogens is 201 g/mol. The summed E-state index contributed by atoms with van der Waals surface area (Å²) in [7, 11) is 0. The maximum absolute atomic E-state index is 12.8. The lowest BCUT2D eigenvalue weighted by atomic mass is 10.1. The van der Waals surface area contributed by atoms with E-state index in [-0.39, 0.29) is 5.56 Å². The molecular formula is C10H8FNO3. The molecule has 0 unspecified atom stereocenters.